The van der Waals surface area contributed by atoms with Crippen LogP contribution in [0.2, 0.25) is 0 Å². The molecule has 4 nitrogen and oxygen atoms in total. The first-order valence-corrected chi connectivity index (χ1v) is 13.2. The molecule has 0 aromatic heterocycles. The highest BCUT2D eigenvalue weighted by atomic mass is 16.2. The van der Waals surface area contributed by atoms with E-state index in [4.69, 9.17) is 0 Å². The molecule has 0 bridgehead atoms. The van der Waals surface area contributed by atoms with Crippen molar-refractivity contribution in [2.75, 3.05) is 23.3 Å². The summed E-state index contributed by atoms with van der Waals surface area (Å²) in [7, 11) is 0. The highest BCUT2D eigenvalue weighted by molar-refractivity contribution is 5.90. The number of rotatable bonds is 8. The van der Waals surface area contributed by atoms with Crippen molar-refractivity contribution in [2.24, 2.45) is 11.8 Å². The fourth-order valence-corrected chi connectivity index (χ4v) is 5.85. The van der Waals surface area contributed by atoms with E-state index in [1.807, 2.05) is 0 Å². The molecule has 1 N–H and O–H groups in total. The summed E-state index contributed by atoms with van der Waals surface area (Å²) in [6.45, 7) is 13.5. The van der Waals surface area contributed by atoms with Crippen LogP contribution in [0.15, 0.2) is 24.3 Å². The van der Waals surface area contributed by atoms with Crippen LogP contribution in [0.4, 0.5) is 16.2 Å². The standard InChI is InChI=1S/C28H47N3O/c1-22(2)20-30(21-23(3)4)25-16-14-24(15-17-25)29-27(32)31(26-12-8-6-9-13-26)28(5)18-10-7-11-19-28/h14-17,22-23,26H,6-13,18-21H2,1-5H3,(H,29,32). The number of anilines is 2. The number of hydrogen-bond donors (Lipinski definition) is 1. The van der Waals surface area contributed by atoms with Crippen molar-refractivity contribution in [1.82, 2.24) is 4.90 Å². The van der Waals surface area contributed by atoms with Gasteiger partial charge in [0.2, 0.25) is 0 Å². The van der Waals surface area contributed by atoms with Gasteiger partial charge in [-0.3, -0.25) is 0 Å². The van der Waals surface area contributed by atoms with Crippen molar-refractivity contribution in [2.45, 2.75) is 110 Å². The van der Waals surface area contributed by atoms with Gasteiger partial charge in [0.1, 0.15) is 0 Å². The minimum Gasteiger partial charge on any atom is -0.371 e. The Morgan fingerprint density at radius 3 is 1.97 bits per heavy atom. The molecule has 1 aromatic rings. The van der Waals surface area contributed by atoms with Gasteiger partial charge in [-0.2, -0.15) is 0 Å². The Labute approximate surface area is 197 Å². The van der Waals surface area contributed by atoms with Gasteiger partial charge in [-0.1, -0.05) is 66.2 Å². The third-order valence-electron chi connectivity index (χ3n) is 7.33. The van der Waals surface area contributed by atoms with E-state index in [-0.39, 0.29) is 11.6 Å². The molecule has 2 aliphatic carbocycles. The van der Waals surface area contributed by atoms with E-state index in [1.54, 1.807) is 0 Å². The van der Waals surface area contributed by atoms with Crippen molar-refractivity contribution < 1.29 is 4.79 Å². The highest BCUT2D eigenvalue weighted by Crippen LogP contribution is 2.38. The van der Waals surface area contributed by atoms with Gasteiger partial charge in [-0.25, -0.2) is 4.79 Å². The van der Waals surface area contributed by atoms with E-state index < -0.39 is 0 Å². The number of hydrogen-bond acceptors (Lipinski definition) is 2. The van der Waals surface area contributed by atoms with E-state index >= 15 is 0 Å². The third kappa shape index (κ3) is 6.65. The number of nitrogens with one attached hydrogen (secondary N) is 1. The molecular weight excluding hydrogens is 394 g/mol. The van der Waals surface area contributed by atoms with Gasteiger partial charge in [0.25, 0.3) is 0 Å². The van der Waals surface area contributed by atoms with Crippen LogP contribution in [0.25, 0.3) is 0 Å². The molecular formula is C28H47N3O. The van der Waals surface area contributed by atoms with Crippen LogP contribution in [-0.2, 0) is 0 Å². The second-order valence-corrected chi connectivity index (χ2v) is 11.4. The van der Waals surface area contributed by atoms with Crippen LogP contribution in [0, 0.1) is 11.8 Å². The van der Waals surface area contributed by atoms with Gasteiger partial charge < -0.3 is 15.1 Å². The van der Waals surface area contributed by atoms with E-state index in [9.17, 15) is 4.79 Å². The summed E-state index contributed by atoms with van der Waals surface area (Å²) in [6.07, 6.45) is 12.2. The molecule has 2 fully saturated rings. The average molecular weight is 442 g/mol. The fraction of sp³-hybridized carbons (Fsp3) is 0.750. The topological polar surface area (TPSA) is 35.6 Å². The number of nitrogens with zero attached hydrogens (tertiary/aromatic N) is 2. The van der Waals surface area contributed by atoms with Crippen LogP contribution in [-0.4, -0.2) is 35.6 Å². The second-order valence-electron chi connectivity index (χ2n) is 11.4. The monoisotopic (exact) mass is 441 g/mol. The first-order valence-electron chi connectivity index (χ1n) is 13.2. The largest absolute Gasteiger partial charge is 0.371 e. The molecule has 2 saturated carbocycles. The first-order chi connectivity index (χ1) is 15.3. The molecule has 0 atom stereocenters. The summed E-state index contributed by atoms with van der Waals surface area (Å²) in [6, 6.07) is 9.02. The molecule has 0 saturated heterocycles. The number of amides is 2. The van der Waals surface area contributed by atoms with E-state index in [1.165, 1.54) is 44.2 Å². The molecule has 2 aliphatic rings. The molecule has 4 heteroatoms. The molecule has 32 heavy (non-hydrogen) atoms. The normalized spacial score (nSPS) is 19.2. The second kappa shape index (κ2) is 11.4. The van der Waals surface area contributed by atoms with Crippen molar-refractivity contribution >= 4 is 17.4 Å². The van der Waals surface area contributed by atoms with Crippen molar-refractivity contribution in [3.63, 3.8) is 0 Å². The molecule has 1 aromatic carbocycles. The van der Waals surface area contributed by atoms with Crippen LogP contribution in [0.3, 0.4) is 0 Å². The third-order valence-corrected chi connectivity index (χ3v) is 7.33. The van der Waals surface area contributed by atoms with Gasteiger partial charge in [-0.05, 0) is 68.7 Å². The maximum absolute atomic E-state index is 13.6. The smallest absolute Gasteiger partial charge is 0.322 e. The quantitative estimate of drug-likeness (QED) is 0.449. The fourth-order valence-electron chi connectivity index (χ4n) is 5.85. The van der Waals surface area contributed by atoms with Gasteiger partial charge in [0.05, 0.1) is 0 Å². The van der Waals surface area contributed by atoms with Crippen molar-refractivity contribution in [1.29, 1.82) is 0 Å². The van der Waals surface area contributed by atoms with Gasteiger partial charge in [-0.15, -0.1) is 0 Å². The molecule has 0 spiro atoms. The molecule has 0 radical (unpaired) electrons. The maximum Gasteiger partial charge on any atom is 0.322 e. The number of carbonyl (C=O) groups excluding carboxylic acids is 1. The zero-order chi connectivity index (χ0) is 23.1. The summed E-state index contributed by atoms with van der Waals surface area (Å²) >= 11 is 0. The average Bonchev–Trinajstić information content (AvgIpc) is 2.74. The van der Waals surface area contributed by atoms with Crippen LogP contribution >= 0.6 is 0 Å². The lowest BCUT2D eigenvalue weighted by Gasteiger charge is -2.49. The van der Waals surface area contributed by atoms with Crippen LogP contribution in [0.5, 0.6) is 0 Å². The zero-order valence-electron chi connectivity index (χ0n) is 21.3. The minimum absolute atomic E-state index is 0.00436. The zero-order valence-corrected chi connectivity index (χ0v) is 21.3. The van der Waals surface area contributed by atoms with Crippen molar-refractivity contribution in [3.05, 3.63) is 24.3 Å². The van der Waals surface area contributed by atoms with Gasteiger partial charge in [0.15, 0.2) is 0 Å². The lowest BCUT2D eigenvalue weighted by atomic mass is 9.79. The number of carbonyl (C=O) groups is 1. The molecule has 180 valence electrons. The highest BCUT2D eigenvalue weighted by Gasteiger charge is 2.40. The summed E-state index contributed by atoms with van der Waals surface area (Å²) < 4.78 is 0. The summed E-state index contributed by atoms with van der Waals surface area (Å²) in [5.74, 6) is 1.24. The number of urea groups is 1. The Morgan fingerprint density at radius 1 is 0.906 bits per heavy atom. The molecule has 2 amide bonds. The van der Waals surface area contributed by atoms with E-state index in [2.05, 4.69) is 74.0 Å². The Balaban J connectivity index is 1.73. The van der Waals surface area contributed by atoms with Crippen molar-refractivity contribution in [3.8, 4) is 0 Å². The Hall–Kier alpha value is -1.71. The van der Waals surface area contributed by atoms with Crippen LogP contribution < -0.4 is 10.2 Å². The molecule has 0 unspecified atom stereocenters. The SMILES string of the molecule is CC(C)CN(CC(C)C)c1ccc(NC(=O)N(C2CCCCC2)C2(C)CCCCC2)cc1. The first kappa shape index (κ1) is 24.9. The molecule has 3 rings (SSSR count). The van der Waals surface area contributed by atoms with E-state index in [0.29, 0.717) is 17.9 Å². The lowest BCUT2D eigenvalue weighted by molar-refractivity contribution is 0.0513. The predicted octanol–water partition coefficient (Wildman–Crippen LogP) is 7.69. The number of benzene rings is 1. The predicted molar refractivity (Wildman–Crippen MR) is 138 cm³/mol. The summed E-state index contributed by atoms with van der Waals surface area (Å²) in [5, 5.41) is 3.28. The molecule has 0 heterocycles. The Morgan fingerprint density at radius 2 is 1.44 bits per heavy atom. The van der Waals surface area contributed by atoms with E-state index in [0.717, 1.165) is 44.5 Å². The Kier molecular flexibility index (Phi) is 8.90. The Bertz CT molecular complexity index is 690. The maximum atomic E-state index is 13.6. The summed E-state index contributed by atoms with van der Waals surface area (Å²) in [4.78, 5) is 18.4. The van der Waals surface area contributed by atoms with Crippen LogP contribution in [0.1, 0.15) is 98.8 Å². The molecule has 0 aliphatic heterocycles. The summed E-state index contributed by atoms with van der Waals surface area (Å²) in [5.41, 5.74) is 2.15. The van der Waals surface area contributed by atoms with Gasteiger partial charge >= 0.3 is 6.03 Å². The minimum atomic E-state index is -0.00436. The van der Waals surface area contributed by atoms with Gasteiger partial charge in [0, 0.05) is 36.0 Å². The lowest BCUT2D eigenvalue weighted by Crippen LogP contribution is -2.57.